The van der Waals surface area contributed by atoms with Crippen LogP contribution in [0.5, 0.6) is 0 Å². The highest BCUT2D eigenvalue weighted by Crippen LogP contribution is 2.28. The van der Waals surface area contributed by atoms with Crippen LogP contribution >= 0.6 is 11.6 Å². The maximum Gasteiger partial charge on any atom is 0.157 e. The summed E-state index contributed by atoms with van der Waals surface area (Å²) in [5.41, 5.74) is 4.66. The molecule has 0 aliphatic rings. The lowest BCUT2D eigenvalue weighted by atomic mass is 10.1. The summed E-state index contributed by atoms with van der Waals surface area (Å²) in [6.45, 7) is 4.19. The zero-order valence-electron chi connectivity index (χ0n) is 13.6. The normalized spacial score (nSPS) is 12.7. The van der Waals surface area contributed by atoms with Crippen molar-refractivity contribution in [3.63, 3.8) is 0 Å². The Labute approximate surface area is 148 Å². The molecule has 0 bridgehead atoms. The number of halogens is 1. The maximum atomic E-state index is 11.1. The number of benzene rings is 2. The first-order valence-electron chi connectivity index (χ1n) is 7.90. The molecule has 0 saturated carbocycles. The van der Waals surface area contributed by atoms with Crippen LogP contribution in [0.2, 0.25) is 5.02 Å². The summed E-state index contributed by atoms with van der Waals surface area (Å²) in [5, 5.41) is 0.485. The third kappa shape index (κ3) is 3.24. The summed E-state index contributed by atoms with van der Waals surface area (Å²) in [7, 11) is 0. The predicted molar refractivity (Wildman–Crippen MR) is 99.3 cm³/mol. The Kier molecular flexibility index (Phi) is 5.04. The van der Waals surface area contributed by atoms with Crippen LogP contribution in [-0.4, -0.2) is 18.3 Å². The molecule has 1 atom stereocenters. The van der Waals surface area contributed by atoms with E-state index >= 15 is 0 Å². The second kappa shape index (κ2) is 7.05. The summed E-state index contributed by atoms with van der Waals surface area (Å²) < 4.78 is 22.3. The number of imidazole rings is 1. The monoisotopic (exact) mass is 362 g/mol. The number of hydrogen-bond donors (Lipinski definition) is 1. The molecule has 1 unspecified atom stereocenters. The second-order valence-electron chi connectivity index (χ2n) is 5.64. The predicted octanol–water partition coefficient (Wildman–Crippen LogP) is 4.53. The van der Waals surface area contributed by atoms with E-state index in [2.05, 4.69) is 47.7 Å². The molecule has 6 heteroatoms. The molecule has 0 spiro atoms. The fraction of sp³-hybridized carbons (Fsp3) is 0.278. The molecule has 126 valence electrons. The molecule has 24 heavy (non-hydrogen) atoms. The molecule has 3 rings (SSSR count). The summed E-state index contributed by atoms with van der Waals surface area (Å²) in [6, 6.07) is 12.0. The molecule has 1 heterocycles. The molecule has 0 fully saturated rings. The van der Waals surface area contributed by atoms with Crippen molar-refractivity contribution in [3.8, 4) is 5.69 Å². The Morgan fingerprint density at radius 1 is 1.17 bits per heavy atom. The van der Waals surface area contributed by atoms with E-state index < -0.39 is 11.1 Å². The molecule has 3 aromatic rings. The van der Waals surface area contributed by atoms with Crippen molar-refractivity contribution in [1.29, 1.82) is 0 Å². The molecule has 4 nitrogen and oxygen atoms in total. The van der Waals surface area contributed by atoms with Crippen molar-refractivity contribution in [2.45, 2.75) is 32.4 Å². The number of nitrogens with zero attached hydrogens (tertiary/aromatic N) is 2. The van der Waals surface area contributed by atoms with Gasteiger partial charge in [0.05, 0.1) is 16.8 Å². The van der Waals surface area contributed by atoms with Gasteiger partial charge in [-0.3, -0.25) is 4.57 Å². The minimum Gasteiger partial charge on any atom is -0.306 e. The van der Waals surface area contributed by atoms with Crippen LogP contribution < -0.4 is 0 Å². The summed E-state index contributed by atoms with van der Waals surface area (Å²) in [4.78, 5) is 4.68. The molecule has 1 aromatic heterocycles. The van der Waals surface area contributed by atoms with E-state index in [9.17, 15) is 4.21 Å². The first-order chi connectivity index (χ1) is 11.5. The summed E-state index contributed by atoms with van der Waals surface area (Å²) in [5.74, 6) is 0.946. The molecule has 0 aliphatic carbocycles. The number of rotatable bonds is 5. The van der Waals surface area contributed by atoms with E-state index in [-0.39, 0.29) is 5.75 Å². The van der Waals surface area contributed by atoms with Gasteiger partial charge in [-0.1, -0.05) is 37.6 Å². The quantitative estimate of drug-likeness (QED) is 0.678. The van der Waals surface area contributed by atoms with Gasteiger partial charge in [0, 0.05) is 17.1 Å². The lowest BCUT2D eigenvalue weighted by Crippen LogP contribution is -2.00. The molecule has 0 amide bonds. The van der Waals surface area contributed by atoms with E-state index in [1.54, 1.807) is 0 Å². The lowest BCUT2D eigenvalue weighted by Gasteiger charge is -2.10. The van der Waals surface area contributed by atoms with E-state index in [1.807, 2.05) is 12.1 Å². The highest BCUT2D eigenvalue weighted by atomic mass is 35.5. The number of hydrogen-bond acceptors (Lipinski definition) is 2. The zero-order chi connectivity index (χ0) is 17.3. The van der Waals surface area contributed by atoms with E-state index in [0.717, 1.165) is 35.4 Å². The Bertz CT molecular complexity index is 904. The smallest absolute Gasteiger partial charge is 0.157 e. The Hall–Kier alpha value is -1.69. The van der Waals surface area contributed by atoms with Crippen molar-refractivity contribution in [3.05, 3.63) is 58.4 Å². The van der Waals surface area contributed by atoms with Gasteiger partial charge >= 0.3 is 0 Å². The van der Waals surface area contributed by atoms with Gasteiger partial charge < -0.3 is 4.55 Å². The minimum absolute atomic E-state index is 0.00822. The topological polar surface area (TPSA) is 55.1 Å². The average Bonchev–Trinajstić information content (AvgIpc) is 2.92. The Morgan fingerprint density at radius 2 is 1.88 bits per heavy atom. The average molecular weight is 363 g/mol. The van der Waals surface area contributed by atoms with Gasteiger partial charge in [-0.25, -0.2) is 9.19 Å². The number of aromatic nitrogens is 2. The molecule has 0 saturated heterocycles. The fourth-order valence-electron chi connectivity index (χ4n) is 2.84. The molecular weight excluding hydrogens is 344 g/mol. The Balaban J connectivity index is 2.18. The molecule has 0 aliphatic heterocycles. The van der Waals surface area contributed by atoms with Crippen LogP contribution in [0.4, 0.5) is 0 Å². The van der Waals surface area contributed by atoms with Gasteiger partial charge in [0.15, 0.2) is 11.1 Å². The second-order valence-corrected chi connectivity index (χ2v) is 6.97. The van der Waals surface area contributed by atoms with Crippen molar-refractivity contribution in [2.75, 3.05) is 0 Å². The summed E-state index contributed by atoms with van der Waals surface area (Å²) in [6.07, 6.45) is 1.78. The van der Waals surface area contributed by atoms with Crippen LogP contribution in [0, 0.1) is 0 Å². The van der Waals surface area contributed by atoms with Crippen LogP contribution in [0.25, 0.3) is 16.7 Å². The zero-order valence-corrected chi connectivity index (χ0v) is 15.2. The van der Waals surface area contributed by atoms with E-state index in [0.29, 0.717) is 10.6 Å². The van der Waals surface area contributed by atoms with Crippen molar-refractivity contribution in [2.24, 2.45) is 0 Å². The van der Waals surface area contributed by atoms with Gasteiger partial charge in [-0.2, -0.15) is 0 Å². The van der Waals surface area contributed by atoms with Crippen LogP contribution in [0.15, 0.2) is 36.4 Å². The van der Waals surface area contributed by atoms with Crippen molar-refractivity contribution in [1.82, 2.24) is 9.55 Å². The lowest BCUT2D eigenvalue weighted by molar-refractivity contribution is 0.563. The third-order valence-corrected chi connectivity index (χ3v) is 5.00. The van der Waals surface area contributed by atoms with Crippen LogP contribution in [-0.2, 0) is 29.7 Å². The SMILES string of the molecule is CCc1ccc(-n2c(CC)nc3cc(CS(=O)O)c(Cl)cc32)cc1. The summed E-state index contributed by atoms with van der Waals surface area (Å²) >= 11 is 4.39. The van der Waals surface area contributed by atoms with E-state index in [1.165, 1.54) is 5.56 Å². The van der Waals surface area contributed by atoms with Gasteiger partial charge in [0.1, 0.15) is 5.82 Å². The third-order valence-electron chi connectivity index (χ3n) is 4.09. The number of aryl methyl sites for hydroxylation is 2. The first kappa shape index (κ1) is 17.1. The first-order valence-corrected chi connectivity index (χ1v) is 9.55. The maximum absolute atomic E-state index is 11.1. The molecule has 0 radical (unpaired) electrons. The molecular formula is C18H19ClN2O2S. The van der Waals surface area contributed by atoms with Crippen molar-refractivity contribution < 1.29 is 8.76 Å². The standard InChI is InChI=1S/C18H19ClN2O2S/c1-3-12-5-7-14(8-6-12)21-17-10-15(19)13(11-24(22)23)9-16(17)20-18(21)4-2/h5-10H,3-4,11H2,1-2H3,(H,22,23). The van der Waals surface area contributed by atoms with Crippen LogP contribution in [0.3, 0.4) is 0 Å². The fourth-order valence-corrected chi connectivity index (χ4v) is 3.65. The van der Waals surface area contributed by atoms with Gasteiger partial charge in [-0.15, -0.1) is 0 Å². The molecule has 2 aromatic carbocycles. The molecule has 1 N–H and O–H groups in total. The van der Waals surface area contributed by atoms with Crippen LogP contribution in [0.1, 0.15) is 30.8 Å². The van der Waals surface area contributed by atoms with Gasteiger partial charge in [-0.05, 0) is 41.8 Å². The largest absolute Gasteiger partial charge is 0.306 e. The minimum atomic E-state index is -1.93. The van der Waals surface area contributed by atoms with Gasteiger partial charge in [0.25, 0.3) is 0 Å². The number of fused-ring (bicyclic) bond motifs is 1. The Morgan fingerprint density at radius 3 is 2.46 bits per heavy atom. The highest BCUT2D eigenvalue weighted by molar-refractivity contribution is 7.78. The highest BCUT2D eigenvalue weighted by Gasteiger charge is 2.15. The van der Waals surface area contributed by atoms with Gasteiger partial charge in [0.2, 0.25) is 0 Å². The van der Waals surface area contributed by atoms with Crippen molar-refractivity contribution >= 4 is 33.7 Å². The van der Waals surface area contributed by atoms with E-state index in [4.69, 9.17) is 16.2 Å².